The number of hydrogen-bond donors (Lipinski definition) is 1. The van der Waals surface area contributed by atoms with Gasteiger partial charge in [0.15, 0.2) is 5.96 Å². The Labute approximate surface area is 169 Å². The first kappa shape index (κ1) is 20.5. The van der Waals surface area contributed by atoms with Gasteiger partial charge in [0.25, 0.3) is 0 Å². The van der Waals surface area contributed by atoms with Gasteiger partial charge in [-0.1, -0.05) is 6.92 Å². The maximum atomic E-state index is 4.52. The summed E-state index contributed by atoms with van der Waals surface area (Å²) in [4.78, 5) is 9.50. The minimum absolute atomic E-state index is 0. The van der Waals surface area contributed by atoms with E-state index in [1.165, 1.54) is 44.5 Å². The number of nitrogens with zero attached hydrogens (tertiary/aromatic N) is 5. The van der Waals surface area contributed by atoms with Gasteiger partial charge in [-0.15, -0.1) is 24.0 Å². The van der Waals surface area contributed by atoms with E-state index >= 15 is 0 Å². The van der Waals surface area contributed by atoms with Crippen molar-refractivity contribution < 1.29 is 0 Å². The van der Waals surface area contributed by atoms with Crippen LogP contribution in [0.4, 0.5) is 0 Å². The Balaban J connectivity index is 0.00000225. The van der Waals surface area contributed by atoms with E-state index in [1.54, 1.807) is 0 Å². The Morgan fingerprint density at radius 2 is 2.16 bits per heavy atom. The molecule has 25 heavy (non-hydrogen) atoms. The first-order chi connectivity index (χ1) is 11.7. The summed E-state index contributed by atoms with van der Waals surface area (Å²) in [7, 11) is 3.89. The van der Waals surface area contributed by atoms with Crippen molar-refractivity contribution in [1.82, 2.24) is 24.9 Å². The molecule has 2 unspecified atom stereocenters. The molecule has 7 heteroatoms. The summed E-state index contributed by atoms with van der Waals surface area (Å²) in [6.45, 7) is 9.15. The molecule has 0 bridgehead atoms. The van der Waals surface area contributed by atoms with Gasteiger partial charge in [0, 0.05) is 52.4 Å². The number of aliphatic imine (C=N–C) groups is 1. The van der Waals surface area contributed by atoms with E-state index in [-0.39, 0.29) is 24.0 Å². The molecule has 2 atom stereocenters. The van der Waals surface area contributed by atoms with Crippen molar-refractivity contribution in [3.8, 4) is 0 Å². The average molecular weight is 460 g/mol. The molecule has 0 aromatic carbocycles. The highest BCUT2D eigenvalue weighted by atomic mass is 127. The average Bonchev–Trinajstić information content (AvgIpc) is 3.29. The molecule has 2 aliphatic heterocycles. The molecule has 0 spiro atoms. The monoisotopic (exact) mass is 460 g/mol. The zero-order valence-corrected chi connectivity index (χ0v) is 18.1. The van der Waals surface area contributed by atoms with Crippen molar-refractivity contribution in [2.75, 3.05) is 46.3 Å². The van der Waals surface area contributed by atoms with Crippen LogP contribution in [0.2, 0.25) is 0 Å². The molecule has 2 saturated heterocycles. The zero-order valence-electron chi connectivity index (χ0n) is 15.8. The van der Waals surface area contributed by atoms with Gasteiger partial charge < -0.3 is 15.1 Å². The van der Waals surface area contributed by atoms with Crippen molar-refractivity contribution in [2.45, 2.75) is 32.1 Å². The van der Waals surface area contributed by atoms with Crippen LogP contribution < -0.4 is 5.32 Å². The summed E-state index contributed by atoms with van der Waals surface area (Å²) in [5.74, 6) is 2.39. The number of aryl methyl sites for hydroxylation is 1. The molecule has 2 aliphatic rings. The Kier molecular flexibility index (Phi) is 7.99. The van der Waals surface area contributed by atoms with E-state index < -0.39 is 0 Å². The van der Waals surface area contributed by atoms with Crippen LogP contribution >= 0.6 is 24.0 Å². The third-order valence-electron chi connectivity index (χ3n) is 5.35. The molecule has 0 amide bonds. The molecule has 0 radical (unpaired) electrons. The first-order valence-electron chi connectivity index (χ1n) is 9.36. The second kappa shape index (κ2) is 9.75. The van der Waals surface area contributed by atoms with Crippen LogP contribution in [0.15, 0.2) is 17.4 Å². The predicted octanol–water partition coefficient (Wildman–Crippen LogP) is 2.13. The number of aromatic nitrogens is 2. The van der Waals surface area contributed by atoms with Crippen LogP contribution in [-0.2, 0) is 7.05 Å². The highest BCUT2D eigenvalue weighted by Gasteiger charge is 2.28. The second-order valence-electron chi connectivity index (χ2n) is 7.26. The fraction of sp³-hybridized carbons (Fsp3) is 0.778. The maximum Gasteiger partial charge on any atom is 0.193 e. The summed E-state index contributed by atoms with van der Waals surface area (Å²) in [6, 6.07) is 0. The van der Waals surface area contributed by atoms with Gasteiger partial charge in [0.2, 0.25) is 0 Å². The maximum absolute atomic E-state index is 4.52. The van der Waals surface area contributed by atoms with Crippen molar-refractivity contribution in [1.29, 1.82) is 0 Å². The van der Waals surface area contributed by atoms with E-state index in [0.717, 1.165) is 31.5 Å². The highest BCUT2D eigenvalue weighted by molar-refractivity contribution is 14.0. The minimum Gasteiger partial charge on any atom is -0.356 e. The van der Waals surface area contributed by atoms with Crippen LogP contribution in [0.5, 0.6) is 0 Å². The van der Waals surface area contributed by atoms with Gasteiger partial charge in [0.05, 0.1) is 6.20 Å². The third-order valence-corrected chi connectivity index (χ3v) is 5.35. The van der Waals surface area contributed by atoms with Crippen molar-refractivity contribution in [3.05, 3.63) is 18.0 Å². The number of hydrogen-bond acceptors (Lipinski definition) is 3. The molecular formula is C18H33IN6. The van der Waals surface area contributed by atoms with E-state index in [9.17, 15) is 0 Å². The SMILES string of the molecule is CCCN1CCC(CNC(=NC)N2CCC(c3cnn(C)c3)C2)C1.I. The number of guanidine groups is 1. The molecule has 3 heterocycles. The molecule has 0 aliphatic carbocycles. The lowest BCUT2D eigenvalue weighted by Gasteiger charge is -2.23. The lowest BCUT2D eigenvalue weighted by atomic mass is 10.0. The predicted molar refractivity (Wildman–Crippen MR) is 114 cm³/mol. The van der Waals surface area contributed by atoms with Crippen LogP contribution in [0.1, 0.15) is 37.7 Å². The molecule has 1 aromatic rings. The lowest BCUT2D eigenvalue weighted by Crippen LogP contribution is -2.42. The Bertz CT molecular complexity index is 558. The van der Waals surface area contributed by atoms with Gasteiger partial charge in [-0.2, -0.15) is 5.10 Å². The van der Waals surface area contributed by atoms with E-state index in [1.807, 2.05) is 25.0 Å². The molecular weight excluding hydrogens is 427 g/mol. The minimum atomic E-state index is 0. The molecule has 1 aromatic heterocycles. The summed E-state index contributed by atoms with van der Waals surface area (Å²) < 4.78 is 1.90. The molecule has 0 saturated carbocycles. The Hall–Kier alpha value is -0.830. The Morgan fingerprint density at radius 3 is 2.84 bits per heavy atom. The topological polar surface area (TPSA) is 48.7 Å². The van der Waals surface area contributed by atoms with Crippen LogP contribution in [-0.4, -0.2) is 71.9 Å². The fourth-order valence-electron chi connectivity index (χ4n) is 4.04. The molecule has 6 nitrogen and oxygen atoms in total. The van der Waals surface area contributed by atoms with Gasteiger partial charge in [-0.25, -0.2) is 0 Å². The van der Waals surface area contributed by atoms with E-state index in [4.69, 9.17) is 0 Å². The zero-order chi connectivity index (χ0) is 16.9. The number of likely N-dealkylation sites (tertiary alicyclic amines) is 2. The number of rotatable bonds is 5. The smallest absolute Gasteiger partial charge is 0.193 e. The van der Waals surface area contributed by atoms with Crippen LogP contribution in [0, 0.1) is 5.92 Å². The normalized spacial score (nSPS) is 24.6. The third kappa shape index (κ3) is 5.32. The molecule has 2 fully saturated rings. The second-order valence-corrected chi connectivity index (χ2v) is 7.26. The summed E-state index contributed by atoms with van der Waals surface area (Å²) in [5.41, 5.74) is 1.35. The lowest BCUT2D eigenvalue weighted by molar-refractivity contribution is 0.324. The van der Waals surface area contributed by atoms with Gasteiger partial charge >= 0.3 is 0 Å². The fourth-order valence-corrected chi connectivity index (χ4v) is 4.04. The highest BCUT2D eigenvalue weighted by Crippen LogP contribution is 2.26. The van der Waals surface area contributed by atoms with Gasteiger partial charge in [-0.05, 0) is 43.8 Å². The van der Waals surface area contributed by atoms with Crippen LogP contribution in [0.3, 0.4) is 0 Å². The van der Waals surface area contributed by atoms with Gasteiger partial charge in [-0.3, -0.25) is 9.67 Å². The standard InChI is InChI=1S/C18H32N6.HI/c1-4-7-23-8-5-15(12-23)10-20-18(19-2)24-9-6-16(14-24)17-11-21-22(3)13-17;/h11,13,15-16H,4-10,12,14H2,1-3H3,(H,19,20);1H. The van der Waals surface area contributed by atoms with Crippen molar-refractivity contribution >= 4 is 29.9 Å². The number of nitrogens with one attached hydrogen (secondary N) is 1. The summed E-state index contributed by atoms with van der Waals surface area (Å²) >= 11 is 0. The summed E-state index contributed by atoms with van der Waals surface area (Å²) in [5, 5.41) is 7.93. The quantitative estimate of drug-likeness (QED) is 0.416. The first-order valence-corrected chi connectivity index (χ1v) is 9.36. The van der Waals surface area contributed by atoms with Crippen molar-refractivity contribution in [3.63, 3.8) is 0 Å². The molecule has 142 valence electrons. The number of halogens is 1. The Morgan fingerprint density at radius 1 is 1.32 bits per heavy atom. The molecule has 3 rings (SSSR count). The van der Waals surface area contributed by atoms with Crippen LogP contribution in [0.25, 0.3) is 0 Å². The van der Waals surface area contributed by atoms with Crippen molar-refractivity contribution in [2.24, 2.45) is 18.0 Å². The summed E-state index contributed by atoms with van der Waals surface area (Å²) in [6.07, 6.45) is 7.89. The van der Waals surface area contributed by atoms with E-state index in [0.29, 0.717) is 5.92 Å². The molecule has 1 N–H and O–H groups in total. The van der Waals surface area contributed by atoms with Gasteiger partial charge in [0.1, 0.15) is 0 Å². The largest absolute Gasteiger partial charge is 0.356 e. The van der Waals surface area contributed by atoms with E-state index in [2.05, 4.69) is 38.3 Å².